The molecule has 5 rings (SSSR count). The molecule has 1 amide bonds. The topological polar surface area (TPSA) is 97.5 Å². The van der Waals surface area contributed by atoms with Gasteiger partial charge in [-0.05, 0) is 53.7 Å². The van der Waals surface area contributed by atoms with E-state index in [2.05, 4.69) is 14.8 Å². The zero-order chi connectivity index (χ0) is 23.7. The van der Waals surface area contributed by atoms with Gasteiger partial charge in [-0.25, -0.2) is 0 Å². The highest BCUT2D eigenvalue weighted by Gasteiger charge is 2.36. The molecule has 0 atom stereocenters. The van der Waals surface area contributed by atoms with Crippen LogP contribution in [-0.2, 0) is 4.74 Å². The molecule has 0 radical (unpaired) electrons. The van der Waals surface area contributed by atoms with E-state index in [0.29, 0.717) is 32.1 Å². The van der Waals surface area contributed by atoms with Crippen molar-refractivity contribution in [3.63, 3.8) is 0 Å². The van der Waals surface area contributed by atoms with Crippen LogP contribution in [0, 0.1) is 10.1 Å². The number of nitro groups is 1. The van der Waals surface area contributed by atoms with Crippen LogP contribution in [0.4, 0.5) is 16.2 Å². The minimum Gasteiger partial charge on any atom is -0.497 e. The van der Waals surface area contributed by atoms with Crippen molar-refractivity contribution >= 4 is 51.7 Å². The Balaban J connectivity index is 1.58. The number of hydrogen-bond donors (Lipinski definition) is 0. The number of morpholine rings is 1. The van der Waals surface area contributed by atoms with Crippen LogP contribution in [0.1, 0.15) is 5.56 Å². The monoisotopic (exact) mass is 496 g/mol. The Bertz CT molecular complexity index is 1220. The standard InChI is InChI=1S/C23H20N4O5S2/c1-31-18-8-6-16(7-9-18)26-19(15-2-4-17(5-3-15)27(29)30)14-33-22(26)20-21(24-23(28)34-20)25-10-12-32-13-11-25/h2-9,14H,10-13H2,1H3/b22-20+. The highest BCUT2D eigenvalue weighted by Crippen LogP contribution is 2.48. The number of amidine groups is 1. The SMILES string of the molecule is COc1ccc(N2C(c3ccc([N+](=O)[O-])cc3)=CS/C2=C2/SC(=O)N=C2N2CCOCC2)cc1. The number of carbonyl (C=O) groups excluding carboxylic acids is 1. The number of ether oxygens (including phenoxy) is 2. The molecule has 0 aromatic heterocycles. The van der Waals surface area contributed by atoms with Gasteiger partial charge in [0.25, 0.3) is 5.69 Å². The Hall–Kier alpha value is -3.28. The summed E-state index contributed by atoms with van der Waals surface area (Å²) in [7, 11) is 1.61. The second-order valence-electron chi connectivity index (χ2n) is 7.50. The predicted octanol–water partition coefficient (Wildman–Crippen LogP) is 4.92. The molecule has 2 aromatic carbocycles. The van der Waals surface area contributed by atoms with Crippen LogP contribution in [0.2, 0.25) is 0 Å². The van der Waals surface area contributed by atoms with E-state index in [-0.39, 0.29) is 10.9 Å². The molecule has 3 aliphatic heterocycles. The van der Waals surface area contributed by atoms with E-state index in [1.54, 1.807) is 19.2 Å². The highest BCUT2D eigenvalue weighted by atomic mass is 32.2. The second kappa shape index (κ2) is 9.53. The van der Waals surface area contributed by atoms with E-state index in [0.717, 1.165) is 44.4 Å². The number of nitrogens with zero attached hydrogens (tertiary/aromatic N) is 4. The van der Waals surface area contributed by atoms with Gasteiger partial charge in [-0.2, -0.15) is 4.99 Å². The molecule has 0 saturated carbocycles. The van der Waals surface area contributed by atoms with Crippen molar-refractivity contribution < 1.29 is 19.2 Å². The van der Waals surface area contributed by atoms with Gasteiger partial charge >= 0.3 is 5.24 Å². The number of methoxy groups -OCH3 is 1. The first-order chi connectivity index (χ1) is 16.5. The average molecular weight is 497 g/mol. The third-order valence-electron chi connectivity index (χ3n) is 5.53. The summed E-state index contributed by atoms with van der Waals surface area (Å²) in [5.74, 6) is 1.39. The Morgan fingerprint density at radius 2 is 1.79 bits per heavy atom. The van der Waals surface area contributed by atoms with Gasteiger partial charge in [0.15, 0.2) is 5.84 Å². The summed E-state index contributed by atoms with van der Waals surface area (Å²) < 4.78 is 10.8. The Morgan fingerprint density at radius 3 is 2.44 bits per heavy atom. The summed E-state index contributed by atoms with van der Waals surface area (Å²) in [5.41, 5.74) is 2.58. The molecule has 174 valence electrons. The first kappa shape index (κ1) is 22.5. The Morgan fingerprint density at radius 1 is 1.09 bits per heavy atom. The molecule has 1 saturated heterocycles. The van der Waals surface area contributed by atoms with Gasteiger partial charge < -0.3 is 19.3 Å². The maximum absolute atomic E-state index is 12.4. The highest BCUT2D eigenvalue weighted by molar-refractivity contribution is 8.19. The summed E-state index contributed by atoms with van der Waals surface area (Å²) in [4.78, 5) is 32.4. The van der Waals surface area contributed by atoms with Gasteiger partial charge in [-0.1, -0.05) is 11.8 Å². The normalized spacial score (nSPS) is 20.4. The average Bonchev–Trinajstić information content (AvgIpc) is 3.48. The second-order valence-corrected chi connectivity index (χ2v) is 9.32. The molecule has 0 aliphatic carbocycles. The molecule has 3 heterocycles. The van der Waals surface area contributed by atoms with Crippen molar-refractivity contribution in [3.05, 3.63) is 79.6 Å². The molecule has 2 aromatic rings. The predicted molar refractivity (Wildman–Crippen MR) is 134 cm³/mol. The zero-order valence-corrected chi connectivity index (χ0v) is 19.8. The van der Waals surface area contributed by atoms with Crippen LogP contribution < -0.4 is 9.64 Å². The number of nitro benzene ring substituents is 1. The van der Waals surface area contributed by atoms with E-state index in [4.69, 9.17) is 9.47 Å². The van der Waals surface area contributed by atoms with Crippen molar-refractivity contribution in [1.29, 1.82) is 0 Å². The summed E-state index contributed by atoms with van der Waals surface area (Å²) in [5, 5.41) is 13.7. The molecule has 1 fully saturated rings. The van der Waals surface area contributed by atoms with E-state index < -0.39 is 4.92 Å². The fraction of sp³-hybridized carbons (Fsp3) is 0.217. The largest absolute Gasteiger partial charge is 0.497 e. The van der Waals surface area contributed by atoms with Crippen LogP contribution in [0.25, 0.3) is 5.70 Å². The minimum atomic E-state index is -0.415. The fourth-order valence-corrected chi connectivity index (χ4v) is 5.83. The van der Waals surface area contributed by atoms with E-state index in [1.807, 2.05) is 29.7 Å². The lowest BCUT2D eigenvalue weighted by molar-refractivity contribution is -0.384. The van der Waals surface area contributed by atoms with Crippen molar-refractivity contribution in [2.24, 2.45) is 4.99 Å². The van der Waals surface area contributed by atoms with E-state index in [9.17, 15) is 14.9 Å². The van der Waals surface area contributed by atoms with Crippen LogP contribution >= 0.6 is 23.5 Å². The van der Waals surface area contributed by atoms with E-state index in [1.165, 1.54) is 23.9 Å². The zero-order valence-electron chi connectivity index (χ0n) is 18.2. The summed E-state index contributed by atoms with van der Waals surface area (Å²) in [6, 6.07) is 14.1. The number of amides is 1. The van der Waals surface area contributed by atoms with Crippen LogP contribution in [0.3, 0.4) is 0 Å². The number of carbonyl (C=O) groups is 1. The molecular formula is C23H20N4O5S2. The summed E-state index contributed by atoms with van der Waals surface area (Å²) in [6.07, 6.45) is 0. The number of rotatable bonds is 4. The maximum atomic E-state index is 12.4. The minimum absolute atomic E-state index is 0.0308. The number of aliphatic imine (C=N–C) groups is 1. The van der Waals surface area contributed by atoms with Crippen molar-refractivity contribution in [3.8, 4) is 5.75 Å². The Kier molecular flexibility index (Phi) is 6.31. The van der Waals surface area contributed by atoms with Gasteiger partial charge in [0.1, 0.15) is 10.8 Å². The molecule has 3 aliphatic rings. The molecule has 11 heteroatoms. The van der Waals surface area contributed by atoms with Gasteiger partial charge in [-0.15, -0.1) is 0 Å². The van der Waals surface area contributed by atoms with Gasteiger partial charge in [0, 0.05) is 36.3 Å². The lowest BCUT2D eigenvalue weighted by Gasteiger charge is -2.30. The first-order valence-corrected chi connectivity index (χ1v) is 12.2. The maximum Gasteiger partial charge on any atom is 0.311 e. The smallest absolute Gasteiger partial charge is 0.311 e. The van der Waals surface area contributed by atoms with Crippen LogP contribution in [-0.4, -0.2) is 54.3 Å². The third-order valence-corrected chi connectivity index (χ3v) is 7.45. The van der Waals surface area contributed by atoms with Crippen LogP contribution in [0.5, 0.6) is 5.75 Å². The number of anilines is 1. The molecule has 9 nitrogen and oxygen atoms in total. The molecule has 34 heavy (non-hydrogen) atoms. The fourth-order valence-electron chi connectivity index (χ4n) is 3.84. The number of thioether (sulfide) groups is 2. The molecule has 0 N–H and O–H groups in total. The molecule has 0 unspecified atom stereocenters. The number of hydrogen-bond acceptors (Lipinski definition) is 9. The number of benzene rings is 2. The lowest BCUT2D eigenvalue weighted by Crippen LogP contribution is -2.41. The van der Waals surface area contributed by atoms with Gasteiger partial charge in [0.05, 0.1) is 35.8 Å². The van der Waals surface area contributed by atoms with Gasteiger partial charge in [-0.3, -0.25) is 14.9 Å². The number of non-ortho nitro benzene ring substituents is 1. The molecule has 0 bridgehead atoms. The van der Waals surface area contributed by atoms with E-state index >= 15 is 0 Å². The quantitative estimate of drug-likeness (QED) is 0.431. The van der Waals surface area contributed by atoms with Crippen molar-refractivity contribution in [2.75, 3.05) is 38.3 Å². The molecular weight excluding hydrogens is 476 g/mol. The third kappa shape index (κ3) is 4.29. The summed E-state index contributed by atoms with van der Waals surface area (Å²) >= 11 is 2.62. The first-order valence-electron chi connectivity index (χ1n) is 10.5. The summed E-state index contributed by atoms with van der Waals surface area (Å²) in [6.45, 7) is 2.50. The lowest BCUT2D eigenvalue weighted by atomic mass is 10.1. The molecule has 0 spiro atoms. The van der Waals surface area contributed by atoms with Gasteiger partial charge in [0.2, 0.25) is 0 Å². The van der Waals surface area contributed by atoms with Crippen molar-refractivity contribution in [1.82, 2.24) is 4.90 Å². The van der Waals surface area contributed by atoms with Crippen LogP contribution in [0.15, 0.2) is 68.9 Å². The van der Waals surface area contributed by atoms with Crippen molar-refractivity contribution in [2.45, 2.75) is 0 Å². The Labute approximate surface area is 204 Å².